The fourth-order valence-electron chi connectivity index (χ4n) is 2.58. The van der Waals surface area contributed by atoms with Gasteiger partial charge in [-0.05, 0) is 49.2 Å². The number of carbonyl (C=O) groups excluding carboxylic acids is 1. The summed E-state index contributed by atoms with van der Waals surface area (Å²) in [6.45, 7) is 4.37. The van der Waals surface area contributed by atoms with Gasteiger partial charge < -0.3 is 14.5 Å². The molecule has 0 bridgehead atoms. The molecule has 1 N–H and O–H groups in total. The summed E-state index contributed by atoms with van der Waals surface area (Å²) < 4.78 is 11.1. The molecule has 1 heterocycles. The molecule has 0 unspecified atom stereocenters. The van der Waals surface area contributed by atoms with Crippen molar-refractivity contribution in [3.8, 4) is 17.2 Å². The number of aromatic nitrogens is 2. The average Bonchev–Trinajstić information content (AvgIpc) is 3.09. The van der Waals surface area contributed by atoms with Gasteiger partial charge in [-0.2, -0.15) is 0 Å². The maximum absolute atomic E-state index is 11.9. The van der Waals surface area contributed by atoms with E-state index in [9.17, 15) is 4.79 Å². The normalized spacial score (nSPS) is 10.5. The molecular formula is C20H21N3O3. The van der Waals surface area contributed by atoms with Crippen LogP contribution in [0.4, 0.5) is 0 Å². The van der Waals surface area contributed by atoms with Gasteiger partial charge in [0.05, 0.1) is 0 Å². The quantitative estimate of drug-likeness (QED) is 0.708. The summed E-state index contributed by atoms with van der Waals surface area (Å²) in [6, 6.07) is 15.4. The Balaban J connectivity index is 1.43. The lowest BCUT2D eigenvalue weighted by Crippen LogP contribution is -2.30. The molecule has 134 valence electrons. The second-order valence-electron chi connectivity index (χ2n) is 6.08. The van der Waals surface area contributed by atoms with E-state index in [0.29, 0.717) is 30.5 Å². The van der Waals surface area contributed by atoms with Gasteiger partial charge in [0.1, 0.15) is 5.75 Å². The van der Waals surface area contributed by atoms with Crippen molar-refractivity contribution in [3.05, 3.63) is 65.5 Å². The number of nitrogens with zero attached hydrogens (tertiary/aromatic N) is 2. The predicted octanol–water partition coefficient (Wildman–Crippen LogP) is 3.09. The maximum Gasteiger partial charge on any atom is 0.257 e. The fraction of sp³-hybridized carbons (Fsp3) is 0.250. The van der Waals surface area contributed by atoms with E-state index in [1.807, 2.05) is 56.3 Å². The van der Waals surface area contributed by atoms with Crippen molar-refractivity contribution in [1.82, 2.24) is 15.5 Å². The van der Waals surface area contributed by atoms with Gasteiger partial charge in [0.15, 0.2) is 6.61 Å². The average molecular weight is 351 g/mol. The fourth-order valence-corrected chi connectivity index (χ4v) is 2.58. The van der Waals surface area contributed by atoms with Crippen LogP contribution in [0.1, 0.15) is 17.0 Å². The van der Waals surface area contributed by atoms with Crippen molar-refractivity contribution in [2.24, 2.45) is 0 Å². The molecule has 0 saturated heterocycles. The van der Waals surface area contributed by atoms with Crippen LogP contribution in [0, 0.1) is 13.8 Å². The molecule has 0 aliphatic heterocycles. The van der Waals surface area contributed by atoms with Crippen molar-refractivity contribution in [2.45, 2.75) is 20.3 Å². The lowest BCUT2D eigenvalue weighted by atomic mass is 10.1. The highest BCUT2D eigenvalue weighted by Gasteiger charge is 2.09. The molecule has 1 aromatic heterocycles. The molecule has 3 rings (SSSR count). The first-order valence-electron chi connectivity index (χ1n) is 8.46. The zero-order valence-electron chi connectivity index (χ0n) is 14.9. The van der Waals surface area contributed by atoms with E-state index in [-0.39, 0.29) is 12.5 Å². The minimum atomic E-state index is -0.188. The Morgan fingerprint density at radius 3 is 2.54 bits per heavy atom. The first-order chi connectivity index (χ1) is 12.6. The molecule has 0 spiro atoms. The first-order valence-corrected chi connectivity index (χ1v) is 8.46. The lowest BCUT2D eigenvalue weighted by Gasteiger charge is -2.08. The van der Waals surface area contributed by atoms with E-state index in [1.54, 1.807) is 0 Å². The lowest BCUT2D eigenvalue weighted by molar-refractivity contribution is -0.123. The smallest absolute Gasteiger partial charge is 0.257 e. The SMILES string of the molecule is Cc1cc(C)cc(OCC(=O)NCCc2nnc(-c3ccccc3)o2)c1. The zero-order valence-corrected chi connectivity index (χ0v) is 14.9. The molecular weight excluding hydrogens is 330 g/mol. The van der Waals surface area contributed by atoms with Crippen molar-refractivity contribution >= 4 is 5.91 Å². The Bertz CT molecular complexity index is 855. The van der Waals surface area contributed by atoms with Gasteiger partial charge in [0, 0.05) is 18.5 Å². The maximum atomic E-state index is 11.9. The van der Waals surface area contributed by atoms with Gasteiger partial charge in [-0.15, -0.1) is 10.2 Å². The number of hydrogen-bond donors (Lipinski definition) is 1. The summed E-state index contributed by atoms with van der Waals surface area (Å²) in [7, 11) is 0. The summed E-state index contributed by atoms with van der Waals surface area (Å²) >= 11 is 0. The van der Waals surface area contributed by atoms with Crippen LogP contribution >= 0.6 is 0 Å². The summed E-state index contributed by atoms with van der Waals surface area (Å²) in [5, 5.41) is 10.8. The van der Waals surface area contributed by atoms with E-state index < -0.39 is 0 Å². The van der Waals surface area contributed by atoms with Crippen LogP contribution in [0.15, 0.2) is 52.9 Å². The minimum absolute atomic E-state index is 0.0258. The number of aryl methyl sites for hydroxylation is 2. The van der Waals surface area contributed by atoms with Crippen molar-refractivity contribution < 1.29 is 13.9 Å². The van der Waals surface area contributed by atoms with E-state index >= 15 is 0 Å². The summed E-state index contributed by atoms with van der Waals surface area (Å²) in [5.74, 6) is 1.47. The molecule has 0 saturated carbocycles. The largest absolute Gasteiger partial charge is 0.484 e. The van der Waals surface area contributed by atoms with Crippen molar-refractivity contribution in [1.29, 1.82) is 0 Å². The van der Waals surface area contributed by atoms with Crippen molar-refractivity contribution in [2.75, 3.05) is 13.2 Å². The third kappa shape index (κ3) is 4.92. The highest BCUT2D eigenvalue weighted by Crippen LogP contribution is 2.17. The van der Waals surface area contributed by atoms with Crippen LogP contribution in [-0.4, -0.2) is 29.3 Å². The van der Waals surface area contributed by atoms with Gasteiger partial charge in [0.25, 0.3) is 5.91 Å². The van der Waals surface area contributed by atoms with Gasteiger partial charge in [-0.1, -0.05) is 24.3 Å². The molecule has 1 amide bonds. The Labute approximate surface area is 152 Å². The predicted molar refractivity (Wildman–Crippen MR) is 97.9 cm³/mol. The third-order valence-electron chi connectivity index (χ3n) is 3.71. The molecule has 0 radical (unpaired) electrons. The topological polar surface area (TPSA) is 77.2 Å². The highest BCUT2D eigenvalue weighted by molar-refractivity contribution is 5.77. The van der Waals surface area contributed by atoms with Gasteiger partial charge in [-0.25, -0.2) is 0 Å². The summed E-state index contributed by atoms with van der Waals surface area (Å²) in [6.07, 6.45) is 0.467. The van der Waals surface area contributed by atoms with E-state index in [4.69, 9.17) is 9.15 Å². The second kappa shape index (κ2) is 8.29. The number of nitrogens with one attached hydrogen (secondary N) is 1. The van der Waals surface area contributed by atoms with Gasteiger partial charge >= 0.3 is 0 Å². The van der Waals surface area contributed by atoms with Crippen LogP contribution < -0.4 is 10.1 Å². The molecule has 0 fully saturated rings. The molecule has 6 nitrogen and oxygen atoms in total. The van der Waals surface area contributed by atoms with Crippen molar-refractivity contribution in [3.63, 3.8) is 0 Å². The molecule has 2 aromatic carbocycles. The monoisotopic (exact) mass is 351 g/mol. The second-order valence-corrected chi connectivity index (χ2v) is 6.08. The Kier molecular flexibility index (Phi) is 5.63. The van der Waals surface area contributed by atoms with Gasteiger partial charge in [0.2, 0.25) is 11.8 Å². The number of benzene rings is 2. The number of ether oxygens (including phenoxy) is 1. The molecule has 26 heavy (non-hydrogen) atoms. The highest BCUT2D eigenvalue weighted by atomic mass is 16.5. The minimum Gasteiger partial charge on any atom is -0.484 e. The first kappa shape index (κ1) is 17.7. The van der Waals surface area contributed by atoms with Crippen LogP contribution in [0.25, 0.3) is 11.5 Å². The van der Waals surface area contributed by atoms with Crippen LogP contribution in [0.2, 0.25) is 0 Å². The molecule has 0 aliphatic rings. The molecule has 3 aromatic rings. The number of rotatable bonds is 7. The standard InChI is InChI=1S/C20H21N3O3/c1-14-10-15(2)12-17(11-14)25-13-18(24)21-9-8-19-22-23-20(26-19)16-6-4-3-5-7-16/h3-7,10-12H,8-9,13H2,1-2H3,(H,21,24). The van der Waals surface area contributed by atoms with Crippen LogP contribution in [-0.2, 0) is 11.2 Å². The number of hydrogen-bond acceptors (Lipinski definition) is 5. The Hall–Kier alpha value is -3.15. The number of amides is 1. The van der Waals surface area contributed by atoms with Crippen LogP contribution in [0.5, 0.6) is 5.75 Å². The third-order valence-corrected chi connectivity index (χ3v) is 3.71. The van der Waals surface area contributed by atoms with E-state index in [0.717, 1.165) is 16.7 Å². The zero-order chi connectivity index (χ0) is 18.4. The Morgan fingerprint density at radius 2 is 1.81 bits per heavy atom. The molecule has 6 heteroatoms. The Morgan fingerprint density at radius 1 is 1.08 bits per heavy atom. The van der Waals surface area contributed by atoms with Crippen LogP contribution in [0.3, 0.4) is 0 Å². The summed E-state index contributed by atoms with van der Waals surface area (Å²) in [4.78, 5) is 11.9. The van der Waals surface area contributed by atoms with E-state index in [2.05, 4.69) is 21.6 Å². The van der Waals surface area contributed by atoms with Gasteiger partial charge in [-0.3, -0.25) is 4.79 Å². The number of carbonyl (C=O) groups is 1. The molecule has 0 aliphatic carbocycles. The van der Waals surface area contributed by atoms with E-state index in [1.165, 1.54) is 0 Å². The summed E-state index contributed by atoms with van der Waals surface area (Å²) in [5.41, 5.74) is 3.08. The molecule has 0 atom stereocenters.